The lowest BCUT2D eigenvalue weighted by Crippen LogP contribution is -2.03. The quantitative estimate of drug-likeness (QED) is 0.668. The number of nitrogen functional groups attached to an aromatic ring is 1. The van der Waals surface area contributed by atoms with E-state index >= 15 is 0 Å². The maximum absolute atomic E-state index is 6.41. The van der Waals surface area contributed by atoms with Gasteiger partial charge in [-0.1, -0.05) is 37.3 Å². The van der Waals surface area contributed by atoms with E-state index in [1.54, 1.807) is 0 Å². The van der Waals surface area contributed by atoms with Crippen molar-refractivity contribution in [3.8, 4) is 0 Å². The molecule has 98 valence electrons. The molecular weight excluding hydrogens is 232 g/mol. The van der Waals surface area contributed by atoms with Crippen molar-refractivity contribution >= 4 is 27.5 Å². The molecule has 0 fully saturated rings. The first-order valence-corrected chi connectivity index (χ1v) is 6.95. The Kier molecular flexibility index (Phi) is 2.74. The van der Waals surface area contributed by atoms with Gasteiger partial charge in [0.1, 0.15) is 0 Å². The third-order valence-corrected chi connectivity index (χ3v) is 3.90. The number of hydrogen-bond donors (Lipinski definition) is 1. The number of rotatable bonds is 2. The van der Waals surface area contributed by atoms with Gasteiger partial charge in [-0.25, -0.2) is 0 Å². The second-order valence-electron chi connectivity index (χ2n) is 5.37. The summed E-state index contributed by atoms with van der Waals surface area (Å²) in [6.07, 6.45) is 0.974. The molecule has 2 nitrogen and oxygen atoms in total. The zero-order valence-corrected chi connectivity index (χ0v) is 11.8. The van der Waals surface area contributed by atoms with Crippen molar-refractivity contribution < 1.29 is 0 Å². The van der Waals surface area contributed by atoms with Crippen LogP contribution in [0.15, 0.2) is 36.4 Å². The molecule has 19 heavy (non-hydrogen) atoms. The highest BCUT2D eigenvalue weighted by Gasteiger charge is 2.15. The topological polar surface area (TPSA) is 30.9 Å². The molecule has 2 aromatic carbocycles. The van der Waals surface area contributed by atoms with Crippen LogP contribution in [0.4, 0.5) is 5.69 Å². The Bertz CT molecular complexity index is 751. The molecule has 0 saturated heterocycles. The van der Waals surface area contributed by atoms with Crippen molar-refractivity contribution in [1.29, 1.82) is 0 Å². The highest BCUT2D eigenvalue weighted by molar-refractivity contribution is 6.12. The first-order valence-electron chi connectivity index (χ1n) is 6.95. The fourth-order valence-corrected chi connectivity index (χ4v) is 3.00. The standard InChI is InChI=1S/C17H20N2/c1-4-12-9-10-14-13-7-5-6-8-15(13)19(11(2)3)17(14)16(12)18/h5-11H,4,18H2,1-3H3. The third-order valence-electron chi connectivity index (χ3n) is 3.90. The van der Waals surface area contributed by atoms with Crippen molar-refractivity contribution in [3.63, 3.8) is 0 Å². The number of benzene rings is 2. The third kappa shape index (κ3) is 1.63. The average molecular weight is 252 g/mol. The van der Waals surface area contributed by atoms with E-state index in [-0.39, 0.29) is 0 Å². The van der Waals surface area contributed by atoms with E-state index in [4.69, 9.17) is 5.73 Å². The molecule has 2 heteroatoms. The van der Waals surface area contributed by atoms with E-state index in [0.717, 1.165) is 12.1 Å². The molecule has 1 aromatic heterocycles. The minimum absolute atomic E-state index is 0.400. The Labute approximate surface area is 113 Å². The molecule has 0 spiro atoms. The molecule has 0 amide bonds. The summed E-state index contributed by atoms with van der Waals surface area (Å²) in [5, 5.41) is 2.56. The van der Waals surface area contributed by atoms with Gasteiger partial charge in [0.05, 0.1) is 11.2 Å². The van der Waals surface area contributed by atoms with E-state index in [9.17, 15) is 0 Å². The molecule has 0 aliphatic heterocycles. The van der Waals surface area contributed by atoms with Crippen LogP contribution in [0.1, 0.15) is 32.4 Å². The SMILES string of the molecule is CCc1ccc2c3ccccc3n(C(C)C)c2c1N. The predicted octanol–water partition coefficient (Wildman–Crippen LogP) is 4.52. The molecule has 1 heterocycles. The highest BCUT2D eigenvalue weighted by Crippen LogP contribution is 2.36. The van der Waals surface area contributed by atoms with Crippen LogP contribution in [0, 0.1) is 0 Å². The van der Waals surface area contributed by atoms with Crippen LogP contribution < -0.4 is 5.73 Å². The van der Waals surface area contributed by atoms with Gasteiger partial charge in [0.25, 0.3) is 0 Å². The lowest BCUT2D eigenvalue weighted by Gasteiger charge is -2.14. The van der Waals surface area contributed by atoms with Crippen molar-refractivity contribution in [2.75, 3.05) is 5.73 Å². The number of hydrogen-bond acceptors (Lipinski definition) is 1. The minimum atomic E-state index is 0.400. The van der Waals surface area contributed by atoms with Crippen LogP contribution in [-0.4, -0.2) is 4.57 Å². The first kappa shape index (κ1) is 12.1. The van der Waals surface area contributed by atoms with Crippen molar-refractivity contribution in [1.82, 2.24) is 4.57 Å². The summed E-state index contributed by atoms with van der Waals surface area (Å²) in [6.45, 7) is 6.58. The number of nitrogens with zero attached hydrogens (tertiary/aromatic N) is 1. The highest BCUT2D eigenvalue weighted by atomic mass is 15.0. The molecule has 0 unspecified atom stereocenters. The number of anilines is 1. The van der Waals surface area contributed by atoms with Crippen LogP contribution >= 0.6 is 0 Å². The molecule has 0 radical (unpaired) electrons. The second-order valence-corrected chi connectivity index (χ2v) is 5.37. The monoisotopic (exact) mass is 252 g/mol. The maximum Gasteiger partial charge on any atom is 0.0730 e. The van der Waals surface area contributed by atoms with Crippen molar-refractivity contribution in [2.24, 2.45) is 0 Å². The predicted molar refractivity (Wildman–Crippen MR) is 83.6 cm³/mol. The lowest BCUT2D eigenvalue weighted by molar-refractivity contribution is 0.642. The summed E-state index contributed by atoms with van der Waals surface area (Å²) in [4.78, 5) is 0. The number of para-hydroxylation sites is 1. The zero-order chi connectivity index (χ0) is 13.6. The molecule has 2 N–H and O–H groups in total. The van der Waals surface area contributed by atoms with Gasteiger partial charge in [-0.05, 0) is 31.9 Å². The van der Waals surface area contributed by atoms with Gasteiger partial charge in [-0.2, -0.15) is 0 Å². The lowest BCUT2D eigenvalue weighted by atomic mass is 10.1. The number of fused-ring (bicyclic) bond motifs is 3. The maximum atomic E-state index is 6.41. The minimum Gasteiger partial charge on any atom is -0.397 e. The number of aromatic nitrogens is 1. The molecule has 0 bridgehead atoms. The van der Waals surface area contributed by atoms with E-state index in [2.05, 4.69) is 61.7 Å². The molecule has 3 rings (SSSR count). The van der Waals surface area contributed by atoms with Gasteiger partial charge in [0, 0.05) is 22.3 Å². The largest absolute Gasteiger partial charge is 0.397 e. The molecule has 0 saturated carbocycles. The fourth-order valence-electron chi connectivity index (χ4n) is 3.00. The summed E-state index contributed by atoms with van der Waals surface area (Å²) in [5.41, 5.74) is 11.0. The number of nitrogens with two attached hydrogens (primary N) is 1. The Balaban J connectivity index is 2.57. The Morgan fingerprint density at radius 1 is 1.05 bits per heavy atom. The summed E-state index contributed by atoms with van der Waals surface area (Å²) >= 11 is 0. The van der Waals surface area contributed by atoms with Gasteiger partial charge in [-0.3, -0.25) is 0 Å². The zero-order valence-electron chi connectivity index (χ0n) is 11.8. The molecule has 0 aliphatic rings. The summed E-state index contributed by atoms with van der Waals surface area (Å²) in [5.74, 6) is 0. The Morgan fingerprint density at radius 3 is 2.47 bits per heavy atom. The van der Waals surface area contributed by atoms with E-state index in [1.165, 1.54) is 27.4 Å². The number of aryl methyl sites for hydroxylation is 1. The van der Waals surface area contributed by atoms with Gasteiger partial charge < -0.3 is 10.3 Å². The first-order chi connectivity index (χ1) is 9.15. The van der Waals surface area contributed by atoms with Crippen LogP contribution in [-0.2, 0) is 6.42 Å². The Morgan fingerprint density at radius 2 is 1.79 bits per heavy atom. The van der Waals surface area contributed by atoms with E-state index in [1.807, 2.05) is 0 Å². The van der Waals surface area contributed by atoms with Gasteiger partial charge >= 0.3 is 0 Å². The smallest absolute Gasteiger partial charge is 0.0730 e. The van der Waals surface area contributed by atoms with Crippen LogP contribution in [0.3, 0.4) is 0 Å². The van der Waals surface area contributed by atoms with E-state index < -0.39 is 0 Å². The molecular formula is C17H20N2. The molecule has 3 aromatic rings. The summed E-state index contributed by atoms with van der Waals surface area (Å²) < 4.78 is 2.36. The summed E-state index contributed by atoms with van der Waals surface area (Å²) in [6, 6.07) is 13.3. The van der Waals surface area contributed by atoms with Gasteiger partial charge in [0.15, 0.2) is 0 Å². The fraction of sp³-hybridized carbons (Fsp3) is 0.294. The second kappa shape index (κ2) is 4.30. The molecule has 0 aliphatic carbocycles. The Hall–Kier alpha value is -1.96. The van der Waals surface area contributed by atoms with Crippen LogP contribution in [0.5, 0.6) is 0 Å². The molecule has 0 atom stereocenters. The van der Waals surface area contributed by atoms with Gasteiger partial charge in [-0.15, -0.1) is 0 Å². The van der Waals surface area contributed by atoms with Crippen molar-refractivity contribution in [2.45, 2.75) is 33.2 Å². The van der Waals surface area contributed by atoms with Crippen molar-refractivity contribution in [3.05, 3.63) is 42.0 Å². The summed E-state index contributed by atoms with van der Waals surface area (Å²) in [7, 11) is 0. The van der Waals surface area contributed by atoms with Gasteiger partial charge in [0.2, 0.25) is 0 Å². The van der Waals surface area contributed by atoms with Crippen LogP contribution in [0.2, 0.25) is 0 Å². The van der Waals surface area contributed by atoms with Crippen LogP contribution in [0.25, 0.3) is 21.8 Å². The normalized spacial score (nSPS) is 11.8. The average Bonchev–Trinajstić information content (AvgIpc) is 2.75. The van der Waals surface area contributed by atoms with E-state index in [0.29, 0.717) is 6.04 Å².